The number of pyridine rings is 1. The van der Waals surface area contributed by atoms with Crippen LogP contribution in [-0.4, -0.2) is 83.2 Å². The summed E-state index contributed by atoms with van der Waals surface area (Å²) in [6.07, 6.45) is 1.10. The van der Waals surface area contributed by atoms with E-state index in [1.54, 1.807) is 13.0 Å². The van der Waals surface area contributed by atoms with Gasteiger partial charge in [-0.1, -0.05) is 30.3 Å². The van der Waals surface area contributed by atoms with Crippen LogP contribution in [0.3, 0.4) is 0 Å². The highest BCUT2D eigenvalue weighted by atomic mass is 19.3. The van der Waals surface area contributed by atoms with Crippen molar-refractivity contribution in [2.45, 2.75) is 57.3 Å². The average Bonchev–Trinajstić information content (AvgIpc) is 3.51. The maximum Gasteiger partial charge on any atom is 0.255 e. The van der Waals surface area contributed by atoms with Crippen LogP contribution in [0.25, 0.3) is 0 Å². The third kappa shape index (κ3) is 5.42. The molecular formula is C33H39F2N5O2. The van der Waals surface area contributed by atoms with Crippen LogP contribution >= 0.6 is 0 Å². The molecule has 4 fully saturated rings. The van der Waals surface area contributed by atoms with Crippen LogP contribution in [0, 0.1) is 42.9 Å². The van der Waals surface area contributed by atoms with Crippen molar-refractivity contribution in [3.63, 3.8) is 0 Å². The molecular weight excluding hydrogens is 536 g/mol. The molecule has 2 atom stereocenters. The lowest BCUT2D eigenvalue weighted by molar-refractivity contribution is -0.148. The van der Waals surface area contributed by atoms with Crippen molar-refractivity contribution in [1.82, 2.24) is 19.7 Å². The van der Waals surface area contributed by atoms with E-state index in [-0.39, 0.29) is 48.8 Å². The first-order valence-electron chi connectivity index (χ1n) is 15.2. The van der Waals surface area contributed by atoms with Gasteiger partial charge in [-0.15, -0.1) is 0 Å². The zero-order chi connectivity index (χ0) is 29.6. The van der Waals surface area contributed by atoms with Crippen LogP contribution in [0.5, 0.6) is 0 Å². The van der Waals surface area contributed by atoms with Gasteiger partial charge >= 0.3 is 0 Å². The molecule has 1 aliphatic carbocycles. The van der Waals surface area contributed by atoms with Crippen molar-refractivity contribution in [2.75, 3.05) is 45.8 Å². The minimum Gasteiger partial charge on any atom is -0.341 e. The van der Waals surface area contributed by atoms with Gasteiger partial charge < -0.3 is 14.7 Å². The second-order valence-corrected chi connectivity index (χ2v) is 13.1. The Morgan fingerprint density at radius 2 is 1.64 bits per heavy atom. The predicted molar refractivity (Wildman–Crippen MR) is 154 cm³/mol. The summed E-state index contributed by atoms with van der Waals surface area (Å²) in [4.78, 5) is 37.3. The normalized spacial score (nSPS) is 25.1. The molecule has 2 amide bonds. The van der Waals surface area contributed by atoms with Crippen molar-refractivity contribution >= 4 is 11.8 Å². The molecule has 3 saturated heterocycles. The van der Waals surface area contributed by atoms with Gasteiger partial charge in [0.15, 0.2) is 0 Å². The molecule has 222 valence electrons. The topological polar surface area (TPSA) is 80.5 Å². The Kier molecular flexibility index (Phi) is 7.55. The third-order valence-corrected chi connectivity index (χ3v) is 10.2. The number of hydrogen-bond donors (Lipinski definition) is 0. The minimum absolute atomic E-state index is 0.00637. The minimum atomic E-state index is -2.63. The van der Waals surface area contributed by atoms with E-state index < -0.39 is 5.92 Å². The second-order valence-electron chi connectivity index (χ2n) is 13.1. The van der Waals surface area contributed by atoms with Crippen LogP contribution < -0.4 is 0 Å². The van der Waals surface area contributed by atoms with Crippen LogP contribution in [0.15, 0.2) is 36.4 Å². The van der Waals surface area contributed by atoms with Gasteiger partial charge in [-0.3, -0.25) is 9.59 Å². The summed E-state index contributed by atoms with van der Waals surface area (Å²) in [5.74, 6) is -2.01. The average molecular weight is 576 g/mol. The molecule has 6 rings (SSSR count). The summed E-state index contributed by atoms with van der Waals surface area (Å²) in [7, 11) is 0. The zero-order valence-electron chi connectivity index (χ0n) is 24.5. The van der Waals surface area contributed by atoms with E-state index in [2.05, 4.69) is 28.1 Å². The highest BCUT2D eigenvalue weighted by molar-refractivity contribution is 5.97. The highest BCUT2D eigenvalue weighted by Crippen LogP contribution is 2.43. The Morgan fingerprint density at radius 3 is 2.24 bits per heavy atom. The molecule has 0 spiro atoms. The first-order valence-corrected chi connectivity index (χ1v) is 15.2. The number of halogens is 2. The van der Waals surface area contributed by atoms with Gasteiger partial charge in [0.2, 0.25) is 11.8 Å². The van der Waals surface area contributed by atoms with Gasteiger partial charge in [0.05, 0.1) is 11.3 Å². The van der Waals surface area contributed by atoms with E-state index in [0.717, 1.165) is 44.7 Å². The van der Waals surface area contributed by atoms with E-state index >= 15 is 0 Å². The lowest BCUT2D eigenvalue weighted by Crippen LogP contribution is -2.63. The third-order valence-electron chi connectivity index (χ3n) is 10.2. The number of carbonyl (C=O) groups excluding carboxylic acids is 2. The summed E-state index contributed by atoms with van der Waals surface area (Å²) in [6, 6.07) is 14.1. The first-order chi connectivity index (χ1) is 20.1. The second kappa shape index (κ2) is 11.0. The number of nitrogens with zero attached hydrogens (tertiary/aromatic N) is 5. The summed E-state index contributed by atoms with van der Waals surface area (Å²) in [5, 5.41) is 9.19. The molecule has 0 unspecified atom stereocenters. The zero-order valence-corrected chi connectivity index (χ0v) is 24.5. The van der Waals surface area contributed by atoms with E-state index in [4.69, 9.17) is 0 Å². The van der Waals surface area contributed by atoms with Crippen molar-refractivity contribution in [1.29, 1.82) is 5.26 Å². The summed E-state index contributed by atoms with van der Waals surface area (Å²) >= 11 is 0. The molecule has 4 heterocycles. The van der Waals surface area contributed by atoms with E-state index in [9.17, 15) is 23.6 Å². The molecule has 1 saturated carbocycles. The number of benzene rings is 1. The number of aryl methyl sites for hydroxylation is 2. The molecule has 2 aromatic rings. The highest BCUT2D eigenvalue weighted by Gasteiger charge is 2.49. The molecule has 9 heteroatoms. The number of rotatable bonds is 6. The fraction of sp³-hybridized carbons (Fsp3) is 0.576. The predicted octanol–water partition coefficient (Wildman–Crippen LogP) is 4.57. The lowest BCUT2D eigenvalue weighted by Gasteiger charge is -2.52. The number of aromatic nitrogens is 1. The summed E-state index contributed by atoms with van der Waals surface area (Å²) in [6.45, 7) is 9.22. The SMILES string of the molecule is Cc1cc(C#N)nc(C)c1C(=O)N1C[C@H]2CN(CCC3(c4ccccc4)CN(C(=O)C4CCC(F)(F)CC4)C3)C[C@H]2C1. The number of amides is 2. The number of fused-ring (bicyclic) bond motifs is 1. The molecule has 1 aromatic heterocycles. The van der Waals surface area contributed by atoms with E-state index in [1.807, 2.05) is 34.9 Å². The maximum atomic E-state index is 13.7. The number of nitriles is 1. The number of likely N-dealkylation sites (tertiary alicyclic amines) is 3. The first kappa shape index (κ1) is 28.7. The summed E-state index contributed by atoms with van der Waals surface area (Å²) < 4.78 is 27.3. The van der Waals surface area contributed by atoms with Crippen molar-refractivity contribution in [2.24, 2.45) is 17.8 Å². The Balaban J connectivity index is 1.05. The number of carbonyl (C=O) groups is 2. The van der Waals surface area contributed by atoms with Crippen molar-refractivity contribution in [3.8, 4) is 6.07 Å². The fourth-order valence-corrected chi connectivity index (χ4v) is 7.84. The van der Waals surface area contributed by atoms with E-state index in [1.165, 1.54) is 5.56 Å². The molecule has 0 radical (unpaired) electrons. The fourth-order valence-electron chi connectivity index (χ4n) is 7.84. The Bertz CT molecular complexity index is 1350. The van der Waals surface area contributed by atoms with Crippen LogP contribution in [0.4, 0.5) is 8.78 Å². The van der Waals surface area contributed by atoms with Crippen LogP contribution in [0.1, 0.15) is 65.0 Å². The van der Waals surface area contributed by atoms with Crippen molar-refractivity contribution < 1.29 is 18.4 Å². The molecule has 0 N–H and O–H groups in total. The smallest absolute Gasteiger partial charge is 0.255 e. The quantitative estimate of drug-likeness (QED) is 0.504. The monoisotopic (exact) mass is 575 g/mol. The summed E-state index contributed by atoms with van der Waals surface area (Å²) in [5.41, 5.74) is 3.47. The standard InChI is InChI=1S/C33H39F2N5O2/c1-22-14-28(15-36)37-23(2)29(22)31(42)39-18-25-16-38(17-26(25)19-39)13-12-32(27-6-4-3-5-7-27)20-40(21-32)30(41)24-8-10-33(34,35)11-9-24/h3-7,14,24-26H,8-13,16-21H2,1-2H3/t25-,26+. The largest absolute Gasteiger partial charge is 0.341 e. The van der Waals surface area contributed by atoms with Crippen LogP contribution in [-0.2, 0) is 10.2 Å². The number of alkyl halides is 2. The molecule has 3 aliphatic heterocycles. The molecule has 7 nitrogen and oxygen atoms in total. The Morgan fingerprint density at radius 1 is 1.00 bits per heavy atom. The maximum absolute atomic E-state index is 13.7. The number of hydrogen-bond acceptors (Lipinski definition) is 5. The molecule has 4 aliphatic rings. The van der Waals surface area contributed by atoms with Gasteiger partial charge in [0.1, 0.15) is 11.8 Å². The van der Waals surface area contributed by atoms with Gasteiger partial charge in [-0.25, -0.2) is 13.8 Å². The van der Waals surface area contributed by atoms with Gasteiger partial charge in [-0.2, -0.15) is 5.26 Å². The van der Waals surface area contributed by atoms with Crippen molar-refractivity contribution in [3.05, 3.63) is 64.5 Å². The molecule has 0 bridgehead atoms. The lowest BCUT2D eigenvalue weighted by atomic mass is 9.70. The molecule has 42 heavy (non-hydrogen) atoms. The van der Waals surface area contributed by atoms with Gasteiger partial charge in [-0.05, 0) is 68.7 Å². The molecule has 1 aromatic carbocycles. The van der Waals surface area contributed by atoms with Gasteiger partial charge in [0, 0.05) is 63.4 Å². The van der Waals surface area contributed by atoms with E-state index in [0.29, 0.717) is 41.9 Å². The van der Waals surface area contributed by atoms with Gasteiger partial charge in [0.25, 0.3) is 5.91 Å². The Labute approximate surface area is 246 Å². The Hall–Kier alpha value is -3.38. The van der Waals surface area contributed by atoms with Crippen LogP contribution in [0.2, 0.25) is 0 Å².